The second kappa shape index (κ2) is 16.4. The third kappa shape index (κ3) is 9.40. The number of aromatic amines is 2. The van der Waals surface area contributed by atoms with Crippen LogP contribution in [0.3, 0.4) is 0 Å². The Morgan fingerprint density at radius 1 is 0.702 bits per heavy atom. The van der Waals surface area contributed by atoms with Gasteiger partial charge in [-0.05, 0) is 61.9 Å². The summed E-state index contributed by atoms with van der Waals surface area (Å²) in [5.41, 5.74) is 20.5. The van der Waals surface area contributed by atoms with Crippen LogP contribution in [-0.4, -0.2) is 75.4 Å². The van der Waals surface area contributed by atoms with Gasteiger partial charge in [0.25, 0.3) is 0 Å². The van der Waals surface area contributed by atoms with E-state index in [9.17, 15) is 29.1 Å². The van der Waals surface area contributed by atoms with Crippen LogP contribution >= 0.6 is 0 Å². The van der Waals surface area contributed by atoms with Crippen molar-refractivity contribution in [3.8, 4) is 0 Å². The lowest BCUT2D eigenvalue weighted by Gasteiger charge is -2.25. The predicted octanol–water partition coefficient (Wildman–Crippen LogP) is 0.695. The molecule has 0 spiro atoms. The first-order valence-electron chi connectivity index (χ1n) is 15.5. The molecular weight excluding hydrogens is 604 g/mol. The first kappa shape index (κ1) is 34.7. The summed E-state index contributed by atoms with van der Waals surface area (Å²) >= 11 is 0. The van der Waals surface area contributed by atoms with Crippen molar-refractivity contribution in [2.24, 2.45) is 17.2 Å². The fourth-order valence-electron chi connectivity index (χ4n) is 5.49. The molecule has 0 fully saturated rings. The molecule has 0 aliphatic carbocycles. The zero-order chi connectivity index (χ0) is 33.9. The number of aromatic nitrogens is 2. The number of fused-ring (bicyclic) bond motifs is 2. The van der Waals surface area contributed by atoms with Gasteiger partial charge in [-0.2, -0.15) is 0 Å². The summed E-state index contributed by atoms with van der Waals surface area (Å²) in [5, 5.41) is 19.2. The molecule has 0 bridgehead atoms. The van der Waals surface area contributed by atoms with Crippen LogP contribution in [0.2, 0.25) is 0 Å². The number of para-hydroxylation sites is 2. The number of benzene rings is 2. The number of hydrogen-bond acceptors (Lipinski definition) is 7. The van der Waals surface area contributed by atoms with Gasteiger partial charge in [0.1, 0.15) is 18.1 Å². The maximum atomic E-state index is 13.8. The Hall–Kier alpha value is -5.21. The monoisotopic (exact) mass is 646 g/mol. The van der Waals surface area contributed by atoms with Crippen molar-refractivity contribution in [3.63, 3.8) is 0 Å². The zero-order valence-electron chi connectivity index (χ0n) is 26.0. The number of amides is 4. The molecule has 0 aliphatic heterocycles. The molecule has 4 aromatic rings. The van der Waals surface area contributed by atoms with Crippen molar-refractivity contribution in [3.05, 3.63) is 72.1 Å². The van der Waals surface area contributed by atoms with E-state index in [-0.39, 0.29) is 32.1 Å². The molecule has 250 valence electrons. The van der Waals surface area contributed by atoms with Crippen molar-refractivity contribution < 1.29 is 29.1 Å². The van der Waals surface area contributed by atoms with Crippen molar-refractivity contribution in [1.82, 2.24) is 25.9 Å². The number of nitrogens with one attached hydrogen (secondary N) is 5. The summed E-state index contributed by atoms with van der Waals surface area (Å²) < 4.78 is 0. The van der Waals surface area contributed by atoms with Crippen LogP contribution in [0.5, 0.6) is 0 Å². The topological polar surface area (TPSA) is 251 Å². The molecule has 4 unspecified atom stereocenters. The van der Waals surface area contributed by atoms with Crippen LogP contribution in [0, 0.1) is 0 Å². The summed E-state index contributed by atoms with van der Waals surface area (Å²) in [6, 6.07) is 10.3. The van der Waals surface area contributed by atoms with Crippen molar-refractivity contribution in [2.75, 3.05) is 6.54 Å². The van der Waals surface area contributed by atoms with Gasteiger partial charge in [-0.3, -0.25) is 19.2 Å². The van der Waals surface area contributed by atoms with E-state index in [1.165, 1.54) is 0 Å². The second-order valence-corrected chi connectivity index (χ2v) is 11.5. The fourth-order valence-corrected chi connectivity index (χ4v) is 5.49. The molecule has 4 amide bonds. The number of hydrogen-bond donors (Lipinski definition) is 9. The number of nitrogens with two attached hydrogens (primary N) is 3. The van der Waals surface area contributed by atoms with Crippen LogP contribution in [0.1, 0.15) is 43.2 Å². The minimum Gasteiger partial charge on any atom is -0.480 e. The van der Waals surface area contributed by atoms with Crippen LogP contribution in [0.15, 0.2) is 60.9 Å². The number of H-pyrrole nitrogens is 2. The Balaban J connectivity index is 1.54. The molecular formula is C33H42N8O6. The number of carboxylic acid groups (broad SMARTS) is 1. The molecule has 0 aliphatic rings. The van der Waals surface area contributed by atoms with E-state index in [0.717, 1.165) is 32.9 Å². The van der Waals surface area contributed by atoms with Gasteiger partial charge in [0, 0.05) is 47.0 Å². The van der Waals surface area contributed by atoms with Gasteiger partial charge in [0.15, 0.2) is 0 Å². The van der Waals surface area contributed by atoms with E-state index in [1.807, 2.05) is 48.5 Å². The molecule has 14 nitrogen and oxygen atoms in total. The fraction of sp³-hybridized carbons (Fsp3) is 0.364. The van der Waals surface area contributed by atoms with Gasteiger partial charge in [-0.25, -0.2) is 4.79 Å². The number of carbonyl (C=O) groups excluding carboxylic acids is 4. The maximum Gasteiger partial charge on any atom is 0.326 e. The molecule has 4 atom stereocenters. The van der Waals surface area contributed by atoms with E-state index in [2.05, 4.69) is 25.9 Å². The van der Waals surface area contributed by atoms with Crippen molar-refractivity contribution in [2.45, 2.75) is 69.1 Å². The van der Waals surface area contributed by atoms with E-state index in [4.69, 9.17) is 17.2 Å². The Morgan fingerprint density at radius 3 is 1.81 bits per heavy atom. The lowest BCUT2D eigenvalue weighted by Crippen LogP contribution is -2.57. The predicted molar refractivity (Wildman–Crippen MR) is 177 cm³/mol. The second-order valence-electron chi connectivity index (χ2n) is 11.5. The molecule has 2 heterocycles. The molecule has 47 heavy (non-hydrogen) atoms. The molecule has 12 N–H and O–H groups in total. The largest absolute Gasteiger partial charge is 0.480 e. The first-order chi connectivity index (χ1) is 22.6. The summed E-state index contributed by atoms with van der Waals surface area (Å²) in [7, 11) is 0. The van der Waals surface area contributed by atoms with Gasteiger partial charge in [0.05, 0.1) is 6.04 Å². The maximum absolute atomic E-state index is 13.8. The average molecular weight is 647 g/mol. The van der Waals surface area contributed by atoms with Gasteiger partial charge in [-0.15, -0.1) is 0 Å². The Bertz CT molecular complexity index is 1720. The smallest absolute Gasteiger partial charge is 0.326 e. The first-order valence-corrected chi connectivity index (χ1v) is 15.5. The molecule has 2 aromatic heterocycles. The molecule has 0 saturated carbocycles. The van der Waals surface area contributed by atoms with Crippen molar-refractivity contribution >= 4 is 51.4 Å². The highest BCUT2D eigenvalue weighted by molar-refractivity contribution is 5.95. The van der Waals surface area contributed by atoms with Crippen LogP contribution < -0.4 is 33.2 Å². The Labute approximate surface area is 271 Å². The van der Waals surface area contributed by atoms with Crippen LogP contribution in [-0.2, 0) is 36.8 Å². The third-order valence-electron chi connectivity index (χ3n) is 8.06. The van der Waals surface area contributed by atoms with E-state index in [0.29, 0.717) is 19.4 Å². The number of primary amides is 1. The molecule has 0 saturated heterocycles. The lowest BCUT2D eigenvalue weighted by atomic mass is 10.0. The summed E-state index contributed by atoms with van der Waals surface area (Å²) in [4.78, 5) is 70.3. The zero-order valence-corrected chi connectivity index (χ0v) is 26.0. The van der Waals surface area contributed by atoms with Gasteiger partial charge in [0.2, 0.25) is 23.6 Å². The highest BCUT2D eigenvalue weighted by Crippen LogP contribution is 2.21. The molecule has 14 heteroatoms. The molecule has 4 rings (SSSR count). The van der Waals surface area contributed by atoms with E-state index < -0.39 is 53.8 Å². The lowest BCUT2D eigenvalue weighted by molar-refractivity contribution is -0.142. The van der Waals surface area contributed by atoms with Crippen molar-refractivity contribution in [1.29, 1.82) is 0 Å². The number of carboxylic acids is 1. The van der Waals surface area contributed by atoms with Gasteiger partial charge in [-0.1, -0.05) is 36.4 Å². The summed E-state index contributed by atoms with van der Waals surface area (Å²) in [5.74, 6) is -4.06. The normalized spacial score (nSPS) is 13.8. The number of unbranched alkanes of at least 4 members (excludes halogenated alkanes) is 1. The number of carbonyl (C=O) groups is 5. The minimum atomic E-state index is -1.31. The number of rotatable bonds is 18. The van der Waals surface area contributed by atoms with Gasteiger partial charge < -0.3 is 48.2 Å². The van der Waals surface area contributed by atoms with E-state index >= 15 is 0 Å². The molecule has 2 aromatic carbocycles. The quantitative estimate of drug-likeness (QED) is 0.0694. The molecule has 0 radical (unpaired) electrons. The SMILES string of the molecule is NCCCCC(NC(=O)C(CCC(N)=O)NC(=O)C(Cc1c[nH]c2ccccc12)NC(=O)C(N)Cc1c[nH]c2ccccc12)C(=O)O. The highest BCUT2D eigenvalue weighted by Gasteiger charge is 2.31. The Morgan fingerprint density at radius 2 is 1.23 bits per heavy atom. The van der Waals surface area contributed by atoms with Gasteiger partial charge >= 0.3 is 5.97 Å². The summed E-state index contributed by atoms with van der Waals surface area (Å²) in [6.45, 7) is 0.368. The van der Waals surface area contributed by atoms with Crippen LogP contribution in [0.4, 0.5) is 0 Å². The average Bonchev–Trinajstić information content (AvgIpc) is 3.65. The minimum absolute atomic E-state index is 0.0440. The Kier molecular flexibility index (Phi) is 12.1. The highest BCUT2D eigenvalue weighted by atomic mass is 16.4. The van der Waals surface area contributed by atoms with Crippen LogP contribution in [0.25, 0.3) is 21.8 Å². The summed E-state index contributed by atoms with van der Waals surface area (Å²) in [6.07, 6.45) is 4.48. The van der Waals surface area contributed by atoms with E-state index in [1.54, 1.807) is 12.4 Å². The number of aliphatic carboxylic acids is 1. The standard InChI is InChI=1S/C33H42N8O6/c34-14-6-5-11-27(33(46)47)40-31(44)26(12-13-29(36)42)39-32(45)28(16-20-18-38-25-10-4-2-8-22(20)25)41-30(43)23(35)15-19-17-37-24-9-3-1-7-21(19)24/h1-4,7-10,17-18,23,26-28,37-38H,5-6,11-16,34-35H2,(H2,36,42)(H,39,45)(H,40,44)(H,41,43)(H,46,47). The third-order valence-corrected chi connectivity index (χ3v) is 8.06.